The van der Waals surface area contributed by atoms with Gasteiger partial charge in [-0.2, -0.15) is 0 Å². The first-order valence-electron chi connectivity index (χ1n) is 6.30. The molecule has 0 radical (unpaired) electrons. The van der Waals surface area contributed by atoms with Crippen molar-refractivity contribution in [2.75, 3.05) is 25.0 Å². The van der Waals surface area contributed by atoms with Crippen molar-refractivity contribution in [2.45, 2.75) is 25.8 Å². The molecule has 1 aromatic heterocycles. The van der Waals surface area contributed by atoms with Gasteiger partial charge >= 0.3 is 0 Å². The molecule has 0 saturated carbocycles. The van der Waals surface area contributed by atoms with E-state index in [9.17, 15) is 4.79 Å². The Morgan fingerprint density at radius 3 is 2.89 bits per heavy atom. The molecule has 1 amide bonds. The quantitative estimate of drug-likeness (QED) is 0.792. The maximum absolute atomic E-state index is 10.9. The van der Waals surface area contributed by atoms with E-state index in [1.807, 2.05) is 0 Å². The number of nitrogens with two attached hydrogens (primary N) is 1. The highest BCUT2D eigenvalue weighted by atomic mass is 16.1. The van der Waals surface area contributed by atoms with Crippen LogP contribution in [0.15, 0.2) is 12.4 Å². The van der Waals surface area contributed by atoms with Gasteiger partial charge in [0.25, 0.3) is 5.91 Å². The number of hydrogen-bond donors (Lipinski definition) is 2. The fourth-order valence-electron chi connectivity index (χ4n) is 2.30. The summed E-state index contributed by atoms with van der Waals surface area (Å²) in [5.41, 5.74) is 5.46. The lowest BCUT2D eigenvalue weighted by atomic mass is 10.2. The topological polar surface area (TPSA) is 84.1 Å². The molecular weight excluding hydrogens is 230 g/mol. The molecule has 1 aliphatic heterocycles. The number of aromatic nitrogens is 2. The number of primary amides is 1. The van der Waals surface area contributed by atoms with Gasteiger partial charge in [0, 0.05) is 25.0 Å². The van der Waals surface area contributed by atoms with E-state index >= 15 is 0 Å². The second-order valence-electron chi connectivity index (χ2n) is 4.47. The van der Waals surface area contributed by atoms with Gasteiger partial charge in [0.15, 0.2) is 0 Å². The zero-order valence-electron chi connectivity index (χ0n) is 10.6. The Morgan fingerprint density at radius 1 is 1.56 bits per heavy atom. The number of carbonyl (C=O) groups excluding carboxylic acids is 1. The van der Waals surface area contributed by atoms with Crippen LogP contribution in [0, 0.1) is 0 Å². The molecule has 18 heavy (non-hydrogen) atoms. The fraction of sp³-hybridized carbons (Fsp3) is 0.583. The molecular formula is C12H19N5O. The van der Waals surface area contributed by atoms with Gasteiger partial charge in [-0.15, -0.1) is 0 Å². The third kappa shape index (κ3) is 2.95. The van der Waals surface area contributed by atoms with Crippen molar-refractivity contribution in [1.29, 1.82) is 0 Å². The average Bonchev–Trinajstić information content (AvgIpc) is 2.84. The third-order valence-electron chi connectivity index (χ3n) is 3.34. The number of likely N-dealkylation sites (N-methyl/N-ethyl adjacent to an activating group) is 1. The summed E-state index contributed by atoms with van der Waals surface area (Å²) in [6.07, 6.45) is 5.36. The molecule has 6 heteroatoms. The van der Waals surface area contributed by atoms with Crippen molar-refractivity contribution in [3.8, 4) is 0 Å². The van der Waals surface area contributed by atoms with E-state index in [4.69, 9.17) is 5.73 Å². The molecule has 0 aliphatic carbocycles. The first-order valence-corrected chi connectivity index (χ1v) is 6.30. The standard InChI is InChI=1S/C12H19N5O/c1-2-17-5-3-4-10(17)8-16-12-14-6-9(7-15-12)11(13)18/h6-7,10H,2-5,8H2,1H3,(H2,13,18)(H,14,15,16)/t10-/m0/s1. The minimum absolute atomic E-state index is 0.330. The first-order chi connectivity index (χ1) is 8.70. The van der Waals surface area contributed by atoms with Crippen molar-refractivity contribution in [3.05, 3.63) is 18.0 Å². The summed E-state index contributed by atoms with van der Waals surface area (Å²) in [5.74, 6) is 0.0393. The Labute approximate surface area is 107 Å². The lowest BCUT2D eigenvalue weighted by molar-refractivity contribution is 0.0999. The van der Waals surface area contributed by atoms with Crippen molar-refractivity contribution < 1.29 is 4.79 Å². The van der Waals surface area contributed by atoms with Crippen LogP contribution in [0.5, 0.6) is 0 Å². The normalized spacial score (nSPS) is 19.9. The number of anilines is 1. The van der Waals surface area contributed by atoms with Crippen molar-refractivity contribution in [1.82, 2.24) is 14.9 Å². The molecule has 1 aliphatic rings. The van der Waals surface area contributed by atoms with Gasteiger partial charge in [0.2, 0.25) is 5.95 Å². The number of amides is 1. The van der Waals surface area contributed by atoms with Crippen molar-refractivity contribution in [3.63, 3.8) is 0 Å². The number of likely N-dealkylation sites (tertiary alicyclic amines) is 1. The van der Waals surface area contributed by atoms with Gasteiger partial charge in [-0.3, -0.25) is 9.69 Å². The van der Waals surface area contributed by atoms with Crippen LogP contribution in [0.25, 0.3) is 0 Å². The highest BCUT2D eigenvalue weighted by Crippen LogP contribution is 2.16. The number of rotatable bonds is 5. The smallest absolute Gasteiger partial charge is 0.251 e. The predicted octanol–water partition coefficient (Wildman–Crippen LogP) is 0.472. The van der Waals surface area contributed by atoms with E-state index in [2.05, 4.69) is 27.1 Å². The molecule has 1 atom stereocenters. The van der Waals surface area contributed by atoms with Crippen molar-refractivity contribution in [2.24, 2.45) is 5.73 Å². The molecule has 1 aromatic rings. The number of hydrogen-bond acceptors (Lipinski definition) is 5. The Hall–Kier alpha value is -1.69. The van der Waals surface area contributed by atoms with E-state index in [0.717, 1.165) is 13.1 Å². The number of nitrogens with one attached hydrogen (secondary N) is 1. The minimum Gasteiger partial charge on any atom is -0.366 e. The van der Waals surface area contributed by atoms with Crippen LogP contribution in [0.2, 0.25) is 0 Å². The molecule has 3 N–H and O–H groups in total. The summed E-state index contributed by atoms with van der Waals surface area (Å²) in [6.45, 7) is 5.26. The molecule has 1 saturated heterocycles. The largest absolute Gasteiger partial charge is 0.366 e. The van der Waals surface area contributed by atoms with E-state index in [1.165, 1.54) is 31.8 Å². The molecule has 6 nitrogen and oxygen atoms in total. The summed E-state index contributed by atoms with van der Waals surface area (Å²) in [6, 6.07) is 0.550. The third-order valence-corrected chi connectivity index (χ3v) is 3.34. The molecule has 0 spiro atoms. The summed E-state index contributed by atoms with van der Waals surface area (Å²) in [4.78, 5) is 21.5. The Balaban J connectivity index is 1.88. The van der Waals surface area contributed by atoms with E-state index < -0.39 is 5.91 Å². The molecule has 98 valence electrons. The van der Waals surface area contributed by atoms with Crippen LogP contribution in [0.1, 0.15) is 30.1 Å². The van der Waals surface area contributed by atoms with E-state index in [-0.39, 0.29) is 0 Å². The second-order valence-corrected chi connectivity index (χ2v) is 4.47. The highest BCUT2D eigenvalue weighted by molar-refractivity contribution is 5.92. The maximum atomic E-state index is 10.9. The zero-order chi connectivity index (χ0) is 13.0. The highest BCUT2D eigenvalue weighted by Gasteiger charge is 2.22. The predicted molar refractivity (Wildman–Crippen MR) is 69.3 cm³/mol. The van der Waals surface area contributed by atoms with Crippen LogP contribution in [0.3, 0.4) is 0 Å². The Morgan fingerprint density at radius 2 is 2.28 bits per heavy atom. The van der Waals surface area contributed by atoms with Gasteiger partial charge < -0.3 is 11.1 Å². The summed E-state index contributed by atoms with van der Waals surface area (Å²) in [7, 11) is 0. The molecule has 2 heterocycles. The van der Waals surface area contributed by atoms with Crippen LogP contribution >= 0.6 is 0 Å². The van der Waals surface area contributed by atoms with Gasteiger partial charge in [0.1, 0.15) is 0 Å². The lowest BCUT2D eigenvalue weighted by Crippen LogP contribution is -2.34. The molecule has 0 unspecified atom stereocenters. The van der Waals surface area contributed by atoms with E-state index in [0.29, 0.717) is 17.6 Å². The van der Waals surface area contributed by atoms with E-state index in [1.54, 1.807) is 0 Å². The summed E-state index contributed by atoms with van der Waals surface area (Å²) in [5, 5.41) is 3.20. The Kier molecular flexibility index (Phi) is 4.09. The van der Waals surface area contributed by atoms with Gasteiger partial charge in [0.05, 0.1) is 5.56 Å². The summed E-state index contributed by atoms with van der Waals surface area (Å²) >= 11 is 0. The minimum atomic E-state index is -0.505. The lowest BCUT2D eigenvalue weighted by Gasteiger charge is -2.22. The molecule has 2 rings (SSSR count). The SMILES string of the molecule is CCN1CCC[C@H]1CNc1ncc(C(N)=O)cn1. The maximum Gasteiger partial charge on any atom is 0.251 e. The molecule has 0 aromatic carbocycles. The zero-order valence-corrected chi connectivity index (χ0v) is 10.6. The van der Waals surface area contributed by atoms with Gasteiger partial charge in [-0.25, -0.2) is 9.97 Å². The van der Waals surface area contributed by atoms with Gasteiger partial charge in [-0.1, -0.05) is 6.92 Å². The second kappa shape index (κ2) is 5.77. The average molecular weight is 249 g/mol. The van der Waals surface area contributed by atoms with Crippen molar-refractivity contribution >= 4 is 11.9 Å². The molecule has 1 fully saturated rings. The first kappa shape index (κ1) is 12.8. The number of nitrogens with zero attached hydrogens (tertiary/aromatic N) is 3. The monoisotopic (exact) mass is 249 g/mol. The van der Waals surface area contributed by atoms with Crippen LogP contribution < -0.4 is 11.1 Å². The van der Waals surface area contributed by atoms with Crippen LogP contribution in [0.4, 0.5) is 5.95 Å². The van der Waals surface area contributed by atoms with Crippen LogP contribution in [-0.4, -0.2) is 46.5 Å². The summed E-state index contributed by atoms with van der Waals surface area (Å²) < 4.78 is 0. The fourth-order valence-corrected chi connectivity index (χ4v) is 2.30. The Bertz CT molecular complexity index is 405. The van der Waals surface area contributed by atoms with Gasteiger partial charge in [-0.05, 0) is 25.9 Å². The number of carbonyl (C=O) groups is 1. The molecule has 0 bridgehead atoms. The van der Waals surface area contributed by atoms with Crippen LogP contribution in [-0.2, 0) is 0 Å².